The van der Waals surface area contributed by atoms with Gasteiger partial charge in [-0.3, -0.25) is 4.79 Å². The summed E-state index contributed by atoms with van der Waals surface area (Å²) < 4.78 is 0.924. The van der Waals surface area contributed by atoms with Gasteiger partial charge in [-0.1, -0.05) is 0 Å². The number of nitrogens with one attached hydrogen (secondary N) is 1. The van der Waals surface area contributed by atoms with Gasteiger partial charge in [0.2, 0.25) is 5.91 Å². The van der Waals surface area contributed by atoms with E-state index in [2.05, 4.69) is 27.9 Å². The van der Waals surface area contributed by atoms with Crippen LogP contribution in [0.5, 0.6) is 5.75 Å². The quantitative estimate of drug-likeness (QED) is 0.638. The van der Waals surface area contributed by atoms with E-state index < -0.39 is 0 Å². The molecule has 1 aromatic carbocycles. The molecule has 0 atom stereocenters. The van der Waals surface area contributed by atoms with Crippen molar-refractivity contribution in [3.63, 3.8) is 0 Å². The predicted molar refractivity (Wildman–Crippen MR) is 75.4 cm³/mol. The second-order valence-corrected chi connectivity index (χ2v) is 5.45. The van der Waals surface area contributed by atoms with Crippen molar-refractivity contribution in [3.8, 4) is 5.75 Å². The van der Waals surface area contributed by atoms with Crippen molar-refractivity contribution in [3.05, 3.63) is 26.3 Å². The molecule has 0 bridgehead atoms. The number of phenols is 1. The summed E-state index contributed by atoms with van der Waals surface area (Å²) in [6, 6.07) is 1.99. The minimum atomic E-state index is -0.221. The molecule has 1 aliphatic rings. The van der Waals surface area contributed by atoms with Crippen molar-refractivity contribution in [2.24, 2.45) is 0 Å². The Kier molecular flexibility index (Phi) is 4.14. The van der Waals surface area contributed by atoms with Crippen LogP contribution in [-0.4, -0.2) is 16.9 Å². The van der Waals surface area contributed by atoms with E-state index in [-0.39, 0.29) is 11.8 Å². The Morgan fingerprint density at radius 2 is 2.29 bits per heavy atom. The van der Waals surface area contributed by atoms with E-state index in [1.54, 1.807) is 0 Å². The number of carbonyl (C=O) groups excluding carboxylic acids is 1. The fraction of sp³-hybridized carbons (Fsp3) is 0.417. The van der Waals surface area contributed by atoms with E-state index >= 15 is 0 Å². The molecule has 1 aliphatic carbocycles. The third kappa shape index (κ3) is 2.68. The molecule has 2 rings (SSSR count). The highest BCUT2D eigenvalue weighted by atomic mass is 127. The summed E-state index contributed by atoms with van der Waals surface area (Å²) in [5.41, 5.74) is 3.33. The van der Waals surface area contributed by atoms with Gasteiger partial charge in [0.1, 0.15) is 11.6 Å². The highest BCUT2D eigenvalue weighted by molar-refractivity contribution is 14.1. The van der Waals surface area contributed by atoms with Gasteiger partial charge in [0.05, 0.1) is 3.57 Å². The monoisotopic (exact) mass is 365 g/mol. The first-order valence-electron chi connectivity index (χ1n) is 5.48. The van der Waals surface area contributed by atoms with E-state index in [1.165, 1.54) is 11.1 Å². The molecule has 92 valence electrons. The highest BCUT2D eigenvalue weighted by Gasteiger charge is 2.19. The average Bonchev–Trinajstić information content (AvgIpc) is 2.79. The van der Waals surface area contributed by atoms with Gasteiger partial charge < -0.3 is 10.4 Å². The lowest BCUT2D eigenvalue weighted by molar-refractivity contribution is -0.118. The molecule has 1 aromatic rings. The number of hydrogen-bond acceptors (Lipinski definition) is 2. The van der Waals surface area contributed by atoms with Crippen LogP contribution in [0.25, 0.3) is 0 Å². The average molecular weight is 366 g/mol. The van der Waals surface area contributed by atoms with Gasteiger partial charge >= 0.3 is 0 Å². The number of halogens is 2. The lowest BCUT2D eigenvalue weighted by Crippen LogP contribution is -2.23. The second-order valence-electron chi connectivity index (χ2n) is 4.10. The van der Waals surface area contributed by atoms with Crippen LogP contribution in [0.4, 0.5) is 0 Å². The lowest BCUT2D eigenvalue weighted by Gasteiger charge is -2.11. The minimum Gasteiger partial charge on any atom is -0.506 e. The third-order valence-electron chi connectivity index (χ3n) is 2.98. The van der Waals surface area contributed by atoms with Crippen molar-refractivity contribution in [2.75, 3.05) is 5.88 Å². The van der Waals surface area contributed by atoms with E-state index in [0.717, 1.165) is 28.4 Å². The van der Waals surface area contributed by atoms with E-state index in [9.17, 15) is 9.90 Å². The van der Waals surface area contributed by atoms with E-state index in [1.807, 2.05) is 6.07 Å². The van der Waals surface area contributed by atoms with Crippen LogP contribution in [0, 0.1) is 3.57 Å². The van der Waals surface area contributed by atoms with Crippen LogP contribution in [0.15, 0.2) is 6.07 Å². The summed E-state index contributed by atoms with van der Waals surface area (Å²) in [4.78, 5) is 11.1. The molecule has 17 heavy (non-hydrogen) atoms. The Morgan fingerprint density at radius 3 is 3.00 bits per heavy atom. The Labute approximate surface area is 119 Å². The lowest BCUT2D eigenvalue weighted by atomic mass is 10.1. The Bertz CT molecular complexity index is 462. The molecule has 0 spiro atoms. The zero-order valence-corrected chi connectivity index (χ0v) is 12.1. The molecule has 0 heterocycles. The standard InChI is InChI=1S/C12H13ClINO2/c13-5-10(16)15-6-8-4-7-2-1-3-9(7)11(14)12(8)17/h4,17H,1-3,5-6H2,(H,15,16). The number of benzene rings is 1. The number of fused-ring (bicyclic) bond motifs is 1. The molecule has 0 unspecified atom stereocenters. The molecule has 2 N–H and O–H groups in total. The van der Waals surface area contributed by atoms with Crippen molar-refractivity contribution < 1.29 is 9.90 Å². The van der Waals surface area contributed by atoms with Gasteiger partial charge in [-0.05, 0) is 59.0 Å². The van der Waals surface area contributed by atoms with Crippen molar-refractivity contribution >= 4 is 40.1 Å². The first kappa shape index (κ1) is 13.0. The van der Waals surface area contributed by atoms with Gasteiger partial charge in [-0.2, -0.15) is 0 Å². The molecular formula is C12H13ClINO2. The van der Waals surface area contributed by atoms with Crippen LogP contribution in [0.3, 0.4) is 0 Å². The minimum absolute atomic E-state index is 0.0528. The maximum Gasteiger partial charge on any atom is 0.235 e. The van der Waals surface area contributed by atoms with Crippen LogP contribution < -0.4 is 5.32 Å². The maximum atomic E-state index is 11.1. The SMILES string of the molecule is O=C(CCl)NCc1cc2c(c(I)c1O)CCC2. The van der Waals surface area contributed by atoms with Crippen molar-refractivity contribution in [2.45, 2.75) is 25.8 Å². The Morgan fingerprint density at radius 1 is 1.53 bits per heavy atom. The zero-order valence-electron chi connectivity index (χ0n) is 9.22. The second kappa shape index (κ2) is 5.44. The maximum absolute atomic E-state index is 11.1. The number of alkyl halides is 1. The molecule has 0 fully saturated rings. The molecule has 1 amide bonds. The molecule has 0 saturated carbocycles. The largest absolute Gasteiger partial charge is 0.506 e. The van der Waals surface area contributed by atoms with Crippen LogP contribution >= 0.6 is 34.2 Å². The number of hydrogen-bond donors (Lipinski definition) is 2. The third-order valence-corrected chi connectivity index (χ3v) is 4.39. The number of aromatic hydroxyl groups is 1. The predicted octanol–water partition coefficient (Wildman–Crippen LogP) is 2.34. The van der Waals surface area contributed by atoms with Gasteiger partial charge in [0, 0.05) is 12.1 Å². The first-order valence-corrected chi connectivity index (χ1v) is 7.09. The Hall–Kier alpha value is -0.490. The highest BCUT2D eigenvalue weighted by Crippen LogP contribution is 2.35. The fourth-order valence-corrected chi connectivity index (χ4v) is 3.17. The molecule has 3 nitrogen and oxygen atoms in total. The van der Waals surface area contributed by atoms with Crippen LogP contribution in [0.2, 0.25) is 0 Å². The topological polar surface area (TPSA) is 49.3 Å². The van der Waals surface area contributed by atoms with E-state index in [4.69, 9.17) is 11.6 Å². The fourth-order valence-electron chi connectivity index (χ4n) is 2.12. The zero-order chi connectivity index (χ0) is 12.4. The van der Waals surface area contributed by atoms with Gasteiger partial charge in [0.15, 0.2) is 0 Å². The molecule has 0 aromatic heterocycles. The smallest absolute Gasteiger partial charge is 0.235 e. The van der Waals surface area contributed by atoms with Gasteiger partial charge in [-0.25, -0.2) is 0 Å². The summed E-state index contributed by atoms with van der Waals surface area (Å²) in [6.07, 6.45) is 3.24. The molecular weight excluding hydrogens is 352 g/mol. The molecule has 0 radical (unpaired) electrons. The summed E-state index contributed by atoms with van der Waals surface area (Å²) in [6.45, 7) is 0.334. The number of amides is 1. The van der Waals surface area contributed by atoms with Crippen LogP contribution in [0.1, 0.15) is 23.1 Å². The number of carbonyl (C=O) groups is 1. The Balaban J connectivity index is 2.23. The molecule has 0 saturated heterocycles. The summed E-state index contributed by atoms with van der Waals surface area (Å²) >= 11 is 7.58. The van der Waals surface area contributed by atoms with Gasteiger partial charge in [-0.15, -0.1) is 11.6 Å². The number of aryl methyl sites for hydroxylation is 1. The summed E-state index contributed by atoms with van der Waals surface area (Å²) in [5, 5.41) is 12.7. The number of phenolic OH excluding ortho intramolecular Hbond substituents is 1. The first-order chi connectivity index (χ1) is 8.13. The molecule has 5 heteroatoms. The van der Waals surface area contributed by atoms with E-state index in [0.29, 0.717) is 12.3 Å². The summed E-state index contributed by atoms with van der Waals surface area (Å²) in [7, 11) is 0. The number of rotatable bonds is 3. The normalized spacial score (nSPS) is 13.5. The van der Waals surface area contributed by atoms with Crippen LogP contribution in [-0.2, 0) is 24.2 Å². The molecule has 0 aliphatic heterocycles. The summed E-state index contributed by atoms with van der Waals surface area (Å²) in [5.74, 6) is 0.0192. The van der Waals surface area contributed by atoms with Gasteiger partial charge in [0.25, 0.3) is 0 Å². The van der Waals surface area contributed by atoms with Crippen molar-refractivity contribution in [1.29, 1.82) is 0 Å². The van der Waals surface area contributed by atoms with Crippen molar-refractivity contribution in [1.82, 2.24) is 5.32 Å².